The zero-order valence-electron chi connectivity index (χ0n) is 11.5. The lowest BCUT2D eigenvalue weighted by Crippen LogP contribution is -2.28. The average Bonchev–Trinajstić information content (AvgIpc) is 2.84. The lowest BCUT2D eigenvalue weighted by Gasteiger charge is -2.34. The van der Waals surface area contributed by atoms with Crippen LogP contribution in [0.3, 0.4) is 0 Å². The SMILES string of the molecule is CC1(C)CCC(Oc2ccc3scnc3c2N)CC1. The minimum atomic E-state index is 0.298. The van der Waals surface area contributed by atoms with Crippen molar-refractivity contribution in [2.24, 2.45) is 5.41 Å². The van der Waals surface area contributed by atoms with Crippen LogP contribution >= 0.6 is 11.3 Å². The van der Waals surface area contributed by atoms with Gasteiger partial charge in [-0.1, -0.05) is 13.8 Å². The molecule has 1 heterocycles. The topological polar surface area (TPSA) is 48.1 Å². The third-order valence-electron chi connectivity index (χ3n) is 4.08. The van der Waals surface area contributed by atoms with E-state index in [9.17, 15) is 0 Å². The first-order chi connectivity index (χ1) is 9.05. The predicted molar refractivity (Wildman–Crippen MR) is 80.7 cm³/mol. The van der Waals surface area contributed by atoms with E-state index < -0.39 is 0 Å². The lowest BCUT2D eigenvalue weighted by atomic mass is 9.76. The van der Waals surface area contributed by atoms with Gasteiger partial charge in [0.05, 0.1) is 16.3 Å². The van der Waals surface area contributed by atoms with Gasteiger partial charge in [0.1, 0.15) is 17.0 Å². The zero-order chi connectivity index (χ0) is 13.5. The molecule has 2 aromatic rings. The van der Waals surface area contributed by atoms with E-state index in [0.29, 0.717) is 17.2 Å². The molecule has 1 saturated carbocycles. The van der Waals surface area contributed by atoms with Crippen LogP contribution in [0.5, 0.6) is 5.75 Å². The van der Waals surface area contributed by atoms with E-state index in [0.717, 1.165) is 28.8 Å². The fourth-order valence-corrected chi connectivity index (χ4v) is 3.40. The molecule has 2 N–H and O–H groups in total. The Morgan fingerprint density at radius 1 is 1.32 bits per heavy atom. The Balaban J connectivity index is 1.77. The lowest BCUT2D eigenvalue weighted by molar-refractivity contribution is 0.0995. The van der Waals surface area contributed by atoms with Crippen molar-refractivity contribution < 1.29 is 4.74 Å². The second kappa shape index (κ2) is 4.67. The van der Waals surface area contributed by atoms with E-state index in [1.54, 1.807) is 11.3 Å². The first-order valence-corrected chi connectivity index (χ1v) is 7.71. The van der Waals surface area contributed by atoms with Crippen LogP contribution in [0.2, 0.25) is 0 Å². The van der Waals surface area contributed by atoms with E-state index in [2.05, 4.69) is 18.8 Å². The quantitative estimate of drug-likeness (QED) is 0.835. The van der Waals surface area contributed by atoms with Gasteiger partial charge in [-0.3, -0.25) is 0 Å². The molecule has 1 aromatic carbocycles. The van der Waals surface area contributed by atoms with Crippen LogP contribution in [0, 0.1) is 5.41 Å². The number of nitrogens with two attached hydrogens (primary N) is 1. The van der Waals surface area contributed by atoms with Gasteiger partial charge >= 0.3 is 0 Å². The predicted octanol–water partition coefficient (Wildman–Crippen LogP) is 4.23. The summed E-state index contributed by atoms with van der Waals surface area (Å²) in [5, 5.41) is 0. The molecule has 0 aliphatic heterocycles. The summed E-state index contributed by atoms with van der Waals surface area (Å²) in [7, 11) is 0. The van der Waals surface area contributed by atoms with Gasteiger partial charge in [-0.15, -0.1) is 11.3 Å². The van der Waals surface area contributed by atoms with Gasteiger partial charge in [0.25, 0.3) is 0 Å². The van der Waals surface area contributed by atoms with Crippen LogP contribution in [0.4, 0.5) is 5.69 Å². The van der Waals surface area contributed by atoms with Gasteiger partial charge in [-0.2, -0.15) is 0 Å². The molecule has 3 nitrogen and oxygen atoms in total. The van der Waals surface area contributed by atoms with Crippen molar-refractivity contribution in [3.63, 3.8) is 0 Å². The van der Waals surface area contributed by atoms with Crippen molar-refractivity contribution >= 4 is 27.2 Å². The van der Waals surface area contributed by atoms with Crippen LogP contribution < -0.4 is 10.5 Å². The highest BCUT2D eigenvalue weighted by atomic mass is 32.1. The molecule has 0 amide bonds. The third kappa shape index (κ3) is 2.54. The number of aromatic nitrogens is 1. The molecule has 1 aliphatic rings. The molecule has 0 radical (unpaired) electrons. The van der Waals surface area contributed by atoms with Gasteiger partial charge in [-0.25, -0.2) is 4.98 Å². The normalized spacial score (nSPS) is 19.7. The number of ether oxygens (including phenoxy) is 1. The summed E-state index contributed by atoms with van der Waals surface area (Å²) in [5.41, 5.74) is 10.0. The van der Waals surface area contributed by atoms with Crippen LogP contribution in [0.15, 0.2) is 17.6 Å². The Labute approximate surface area is 117 Å². The second-order valence-corrected chi connectivity index (χ2v) is 7.04. The van der Waals surface area contributed by atoms with Crippen LogP contribution in [0.1, 0.15) is 39.5 Å². The number of hydrogen-bond acceptors (Lipinski definition) is 4. The molecule has 1 aliphatic carbocycles. The maximum atomic E-state index is 6.15. The number of rotatable bonds is 2. The molecule has 4 heteroatoms. The molecular weight excluding hydrogens is 256 g/mol. The Morgan fingerprint density at radius 3 is 2.79 bits per heavy atom. The number of thiazole rings is 1. The molecule has 1 fully saturated rings. The molecule has 3 rings (SSSR count). The number of nitrogens with zero attached hydrogens (tertiary/aromatic N) is 1. The van der Waals surface area contributed by atoms with Crippen LogP contribution in [0.25, 0.3) is 10.2 Å². The van der Waals surface area contributed by atoms with Gasteiger partial charge in [0, 0.05) is 0 Å². The van der Waals surface area contributed by atoms with Crippen molar-refractivity contribution in [1.82, 2.24) is 4.98 Å². The monoisotopic (exact) mass is 276 g/mol. The molecule has 0 saturated heterocycles. The van der Waals surface area contributed by atoms with Crippen molar-refractivity contribution in [3.05, 3.63) is 17.6 Å². The van der Waals surface area contributed by atoms with Crippen LogP contribution in [-0.4, -0.2) is 11.1 Å². The maximum absolute atomic E-state index is 6.15. The van der Waals surface area contributed by atoms with E-state index in [1.807, 2.05) is 17.6 Å². The highest BCUT2D eigenvalue weighted by Crippen LogP contribution is 2.38. The summed E-state index contributed by atoms with van der Waals surface area (Å²) in [5.74, 6) is 0.795. The minimum Gasteiger partial charge on any atom is -0.488 e. The highest BCUT2D eigenvalue weighted by molar-refractivity contribution is 7.16. The minimum absolute atomic E-state index is 0.298. The summed E-state index contributed by atoms with van der Waals surface area (Å²) < 4.78 is 7.22. The van der Waals surface area contributed by atoms with E-state index in [1.165, 1.54) is 12.8 Å². The summed E-state index contributed by atoms with van der Waals surface area (Å²) in [6, 6.07) is 4.03. The van der Waals surface area contributed by atoms with Crippen molar-refractivity contribution in [2.45, 2.75) is 45.6 Å². The van der Waals surface area contributed by atoms with E-state index in [-0.39, 0.29) is 0 Å². The molecule has 0 spiro atoms. The number of hydrogen-bond donors (Lipinski definition) is 1. The standard InChI is InChI=1S/C15H20N2OS/c1-15(2)7-5-10(6-8-15)18-11-3-4-12-14(13(11)16)17-9-19-12/h3-4,9-10H,5-8,16H2,1-2H3. The van der Waals surface area contributed by atoms with Gasteiger partial charge in [0.15, 0.2) is 0 Å². The molecule has 0 atom stereocenters. The summed E-state index contributed by atoms with van der Waals surface area (Å²) >= 11 is 1.61. The Morgan fingerprint density at radius 2 is 2.05 bits per heavy atom. The highest BCUT2D eigenvalue weighted by Gasteiger charge is 2.28. The fraction of sp³-hybridized carbons (Fsp3) is 0.533. The molecule has 0 unspecified atom stereocenters. The van der Waals surface area contributed by atoms with Crippen molar-refractivity contribution in [1.29, 1.82) is 0 Å². The Kier molecular flexibility index (Phi) is 3.13. The largest absolute Gasteiger partial charge is 0.488 e. The van der Waals surface area contributed by atoms with Crippen molar-refractivity contribution in [3.8, 4) is 5.75 Å². The zero-order valence-corrected chi connectivity index (χ0v) is 12.3. The molecule has 0 bridgehead atoms. The third-order valence-corrected chi connectivity index (χ3v) is 4.88. The Hall–Kier alpha value is -1.29. The number of benzene rings is 1. The van der Waals surface area contributed by atoms with Crippen LogP contribution in [-0.2, 0) is 0 Å². The van der Waals surface area contributed by atoms with Gasteiger partial charge in [-0.05, 0) is 43.2 Å². The smallest absolute Gasteiger partial charge is 0.144 e. The maximum Gasteiger partial charge on any atom is 0.144 e. The number of anilines is 1. The van der Waals surface area contributed by atoms with Gasteiger partial charge in [0.2, 0.25) is 0 Å². The second-order valence-electron chi connectivity index (χ2n) is 6.16. The Bertz CT molecular complexity index is 581. The van der Waals surface area contributed by atoms with E-state index >= 15 is 0 Å². The first kappa shape index (κ1) is 12.7. The summed E-state index contributed by atoms with van der Waals surface area (Å²) in [6.07, 6.45) is 4.96. The van der Waals surface area contributed by atoms with E-state index in [4.69, 9.17) is 10.5 Å². The molecule has 1 aromatic heterocycles. The van der Waals surface area contributed by atoms with Gasteiger partial charge < -0.3 is 10.5 Å². The first-order valence-electron chi connectivity index (χ1n) is 6.83. The molecular formula is C15H20N2OS. The van der Waals surface area contributed by atoms with Crippen molar-refractivity contribution in [2.75, 3.05) is 5.73 Å². The fourth-order valence-electron chi connectivity index (χ4n) is 2.71. The number of nitrogen functional groups attached to an aromatic ring is 1. The average molecular weight is 276 g/mol. The molecule has 19 heavy (non-hydrogen) atoms. The summed E-state index contributed by atoms with van der Waals surface area (Å²) in [6.45, 7) is 4.66. The number of fused-ring (bicyclic) bond motifs is 1. The summed E-state index contributed by atoms with van der Waals surface area (Å²) in [4.78, 5) is 4.31. The molecule has 102 valence electrons.